The molecule has 5 heteroatoms. The van der Waals surface area contributed by atoms with Crippen LogP contribution in [-0.2, 0) is 5.75 Å². The van der Waals surface area contributed by atoms with Crippen LogP contribution in [0.15, 0.2) is 40.3 Å². The summed E-state index contributed by atoms with van der Waals surface area (Å²) >= 11 is 1.53. The van der Waals surface area contributed by atoms with Gasteiger partial charge in [-0.05, 0) is 17.7 Å². The fraction of sp³-hybridized carbons (Fsp3) is 0.214. The second kappa shape index (κ2) is 6.88. The third-order valence-electron chi connectivity index (χ3n) is 2.36. The predicted molar refractivity (Wildman–Crippen MR) is 75.0 cm³/mol. The maximum atomic E-state index is 5.39. The first-order valence-electron chi connectivity index (χ1n) is 5.71. The lowest BCUT2D eigenvalue weighted by atomic mass is 10.1. The first kappa shape index (κ1) is 13.5. The van der Waals surface area contributed by atoms with Crippen molar-refractivity contribution < 1.29 is 9.15 Å². The highest BCUT2D eigenvalue weighted by atomic mass is 32.2. The molecule has 2 N–H and O–H groups in total. The van der Waals surface area contributed by atoms with E-state index in [-0.39, 0.29) is 0 Å². The van der Waals surface area contributed by atoms with Crippen LogP contribution in [0, 0.1) is 11.8 Å². The number of benzene rings is 1. The standard InChI is InChI=1S/C14H14N2O2S/c1-17-13-5-4-11(9-12(13)3-2-6-15)10-19-14-16-7-8-18-14/h4-5,7-9H,6,10,15H2,1H3. The van der Waals surface area contributed by atoms with E-state index >= 15 is 0 Å². The Bertz CT molecular complexity index is 585. The minimum Gasteiger partial charge on any atom is -0.495 e. The molecule has 1 aromatic carbocycles. The zero-order valence-electron chi connectivity index (χ0n) is 10.6. The molecule has 0 bridgehead atoms. The number of rotatable bonds is 4. The largest absolute Gasteiger partial charge is 0.495 e. The predicted octanol–water partition coefficient (Wildman–Crippen LogP) is 2.29. The number of ether oxygens (including phenoxy) is 1. The summed E-state index contributed by atoms with van der Waals surface area (Å²) in [6.45, 7) is 0.332. The van der Waals surface area contributed by atoms with Crippen LogP contribution in [0.3, 0.4) is 0 Å². The van der Waals surface area contributed by atoms with E-state index in [1.54, 1.807) is 19.6 Å². The number of methoxy groups -OCH3 is 1. The van der Waals surface area contributed by atoms with Crippen molar-refractivity contribution in [2.24, 2.45) is 5.73 Å². The highest BCUT2D eigenvalue weighted by molar-refractivity contribution is 7.98. The quantitative estimate of drug-likeness (QED) is 0.684. The number of hydrogen-bond donors (Lipinski definition) is 1. The lowest BCUT2D eigenvalue weighted by Gasteiger charge is -2.05. The highest BCUT2D eigenvalue weighted by Gasteiger charge is 2.04. The molecule has 0 unspecified atom stereocenters. The monoisotopic (exact) mass is 274 g/mol. The molecule has 2 aromatic rings. The van der Waals surface area contributed by atoms with Gasteiger partial charge in [0.05, 0.1) is 25.4 Å². The van der Waals surface area contributed by atoms with Crippen LogP contribution in [0.1, 0.15) is 11.1 Å². The molecule has 19 heavy (non-hydrogen) atoms. The summed E-state index contributed by atoms with van der Waals surface area (Å²) in [5, 5.41) is 0.658. The van der Waals surface area contributed by atoms with Crippen molar-refractivity contribution in [1.82, 2.24) is 4.98 Å². The van der Waals surface area contributed by atoms with Crippen LogP contribution in [0.4, 0.5) is 0 Å². The van der Waals surface area contributed by atoms with Crippen molar-refractivity contribution in [3.63, 3.8) is 0 Å². The van der Waals surface area contributed by atoms with E-state index in [4.69, 9.17) is 14.9 Å². The average Bonchev–Trinajstić information content (AvgIpc) is 2.96. The molecule has 0 aliphatic rings. The summed E-state index contributed by atoms with van der Waals surface area (Å²) in [6.07, 6.45) is 3.20. The van der Waals surface area contributed by atoms with Crippen molar-refractivity contribution in [2.75, 3.05) is 13.7 Å². The maximum Gasteiger partial charge on any atom is 0.255 e. The van der Waals surface area contributed by atoms with E-state index < -0.39 is 0 Å². The van der Waals surface area contributed by atoms with Crippen LogP contribution in [-0.4, -0.2) is 18.6 Å². The Labute approximate surface area is 116 Å². The summed E-state index contributed by atoms with van der Waals surface area (Å²) in [7, 11) is 1.63. The van der Waals surface area contributed by atoms with Crippen LogP contribution >= 0.6 is 11.8 Å². The molecule has 2 rings (SSSR count). The van der Waals surface area contributed by atoms with E-state index in [1.165, 1.54) is 11.8 Å². The highest BCUT2D eigenvalue weighted by Crippen LogP contribution is 2.24. The average molecular weight is 274 g/mol. The van der Waals surface area contributed by atoms with Crippen molar-refractivity contribution in [3.8, 4) is 17.6 Å². The van der Waals surface area contributed by atoms with Gasteiger partial charge in [0.15, 0.2) is 0 Å². The fourth-order valence-electron chi connectivity index (χ4n) is 1.52. The van der Waals surface area contributed by atoms with E-state index in [2.05, 4.69) is 16.8 Å². The Morgan fingerprint density at radius 2 is 2.37 bits per heavy atom. The SMILES string of the molecule is COc1ccc(CSc2ncco2)cc1C#CCN. The minimum absolute atomic E-state index is 0.332. The summed E-state index contributed by atoms with van der Waals surface area (Å²) in [4.78, 5) is 4.06. The molecule has 0 saturated carbocycles. The van der Waals surface area contributed by atoms with Gasteiger partial charge in [-0.25, -0.2) is 4.98 Å². The molecule has 0 atom stereocenters. The molecule has 0 aliphatic carbocycles. The molecule has 1 heterocycles. The van der Waals surface area contributed by atoms with Gasteiger partial charge in [0, 0.05) is 5.75 Å². The third kappa shape index (κ3) is 3.78. The molecule has 0 radical (unpaired) electrons. The van der Waals surface area contributed by atoms with Gasteiger partial charge in [0.25, 0.3) is 5.22 Å². The number of aromatic nitrogens is 1. The molecule has 1 aromatic heterocycles. The zero-order valence-corrected chi connectivity index (χ0v) is 11.4. The molecule has 0 spiro atoms. The van der Waals surface area contributed by atoms with Crippen LogP contribution in [0.5, 0.6) is 5.75 Å². The van der Waals surface area contributed by atoms with E-state index in [0.717, 1.165) is 22.6 Å². The lowest BCUT2D eigenvalue weighted by molar-refractivity contribution is 0.413. The van der Waals surface area contributed by atoms with E-state index in [1.807, 2.05) is 18.2 Å². The Kier molecular flexibility index (Phi) is 4.90. The normalized spacial score (nSPS) is 9.79. The Morgan fingerprint density at radius 1 is 1.47 bits per heavy atom. The molecular formula is C14H14N2O2S. The molecule has 0 fully saturated rings. The van der Waals surface area contributed by atoms with Crippen molar-refractivity contribution in [3.05, 3.63) is 41.8 Å². The van der Waals surface area contributed by atoms with Gasteiger partial charge >= 0.3 is 0 Å². The zero-order chi connectivity index (χ0) is 13.5. The van der Waals surface area contributed by atoms with E-state index in [0.29, 0.717) is 11.8 Å². The smallest absolute Gasteiger partial charge is 0.255 e. The number of hydrogen-bond acceptors (Lipinski definition) is 5. The van der Waals surface area contributed by atoms with Crippen LogP contribution < -0.4 is 10.5 Å². The van der Waals surface area contributed by atoms with Crippen molar-refractivity contribution >= 4 is 11.8 Å². The second-order valence-electron chi connectivity index (χ2n) is 3.63. The fourth-order valence-corrected chi connectivity index (χ4v) is 2.24. The molecule has 0 saturated heterocycles. The van der Waals surface area contributed by atoms with Gasteiger partial charge in [0.2, 0.25) is 0 Å². The van der Waals surface area contributed by atoms with Crippen LogP contribution in [0.2, 0.25) is 0 Å². The third-order valence-corrected chi connectivity index (χ3v) is 3.29. The maximum absolute atomic E-state index is 5.39. The van der Waals surface area contributed by atoms with E-state index in [9.17, 15) is 0 Å². The molecule has 0 amide bonds. The van der Waals surface area contributed by atoms with Gasteiger partial charge in [-0.2, -0.15) is 0 Å². The lowest BCUT2D eigenvalue weighted by Crippen LogP contribution is -1.94. The van der Waals surface area contributed by atoms with Crippen molar-refractivity contribution in [1.29, 1.82) is 0 Å². The molecule has 98 valence electrons. The van der Waals surface area contributed by atoms with Gasteiger partial charge in [-0.3, -0.25) is 0 Å². The summed E-state index contributed by atoms with van der Waals surface area (Å²) in [6, 6.07) is 5.91. The Hall–Kier alpha value is -1.90. The Balaban J connectivity index is 2.13. The first-order chi connectivity index (χ1) is 9.33. The molecular weight excluding hydrogens is 260 g/mol. The van der Waals surface area contributed by atoms with Crippen molar-refractivity contribution in [2.45, 2.75) is 11.0 Å². The first-order valence-corrected chi connectivity index (χ1v) is 6.70. The Morgan fingerprint density at radius 3 is 3.05 bits per heavy atom. The van der Waals surface area contributed by atoms with Gasteiger partial charge in [0.1, 0.15) is 12.0 Å². The minimum atomic E-state index is 0.332. The summed E-state index contributed by atoms with van der Waals surface area (Å²) < 4.78 is 10.4. The van der Waals surface area contributed by atoms with Gasteiger partial charge in [-0.15, -0.1) is 0 Å². The second-order valence-corrected chi connectivity index (χ2v) is 4.55. The number of oxazole rings is 1. The summed E-state index contributed by atoms with van der Waals surface area (Å²) in [5.41, 5.74) is 7.37. The summed E-state index contributed by atoms with van der Waals surface area (Å²) in [5.74, 6) is 7.37. The van der Waals surface area contributed by atoms with Gasteiger partial charge < -0.3 is 14.9 Å². The number of nitrogens with two attached hydrogens (primary N) is 1. The number of nitrogens with zero attached hydrogens (tertiary/aromatic N) is 1. The van der Waals surface area contributed by atoms with Gasteiger partial charge in [-0.1, -0.05) is 29.7 Å². The topological polar surface area (TPSA) is 61.3 Å². The molecule has 4 nitrogen and oxygen atoms in total. The molecule has 0 aliphatic heterocycles. The number of thioether (sulfide) groups is 1. The van der Waals surface area contributed by atoms with Crippen LogP contribution in [0.25, 0.3) is 0 Å².